The van der Waals surface area contributed by atoms with Gasteiger partial charge in [0.15, 0.2) is 0 Å². The Morgan fingerprint density at radius 2 is 1.90 bits per heavy atom. The maximum atomic E-state index is 12.1. The minimum atomic E-state index is -0.816. The van der Waals surface area contributed by atoms with Crippen molar-refractivity contribution in [2.45, 2.75) is 53.0 Å². The summed E-state index contributed by atoms with van der Waals surface area (Å²) in [6.45, 7) is 9.24. The third kappa shape index (κ3) is 2.91. The molecule has 5 heteroatoms. The first kappa shape index (κ1) is 15.1. The molecular weight excluding hydrogens is 256 g/mol. The van der Waals surface area contributed by atoms with Gasteiger partial charge in [-0.15, -0.1) is 0 Å². The standard InChI is InChI=1S/C15H26N2O3/c1-14(2,3)10-7-11(8-10)16-13(20)17-6-5-15(4,9-17)12(18)19/h10-11H,5-9H2,1-4H3,(H,16,20)(H,18,19). The zero-order valence-electron chi connectivity index (χ0n) is 12.9. The van der Waals surface area contributed by atoms with Gasteiger partial charge in [0, 0.05) is 19.1 Å². The Hall–Kier alpha value is -1.26. The fourth-order valence-corrected chi connectivity index (χ4v) is 3.02. The molecule has 0 aromatic rings. The molecule has 0 bridgehead atoms. The summed E-state index contributed by atoms with van der Waals surface area (Å²) in [6.07, 6.45) is 2.59. The van der Waals surface area contributed by atoms with E-state index in [0.717, 1.165) is 12.8 Å². The Labute approximate surface area is 120 Å². The number of carboxylic acids is 1. The predicted octanol–water partition coefficient (Wildman–Crippen LogP) is 2.32. The van der Waals surface area contributed by atoms with Crippen LogP contribution in [0.2, 0.25) is 0 Å². The highest BCUT2D eigenvalue weighted by atomic mass is 16.4. The van der Waals surface area contributed by atoms with Gasteiger partial charge in [-0.25, -0.2) is 4.79 Å². The van der Waals surface area contributed by atoms with Crippen molar-refractivity contribution in [3.05, 3.63) is 0 Å². The summed E-state index contributed by atoms with van der Waals surface area (Å²) in [4.78, 5) is 25.0. The van der Waals surface area contributed by atoms with E-state index in [1.807, 2.05) is 0 Å². The summed E-state index contributed by atoms with van der Waals surface area (Å²) in [5, 5.41) is 12.2. The number of hydrogen-bond donors (Lipinski definition) is 2. The van der Waals surface area contributed by atoms with Crippen LogP contribution in [-0.2, 0) is 4.79 Å². The van der Waals surface area contributed by atoms with E-state index in [-0.39, 0.29) is 12.1 Å². The first-order valence-electron chi connectivity index (χ1n) is 7.41. The highest BCUT2D eigenvalue weighted by Crippen LogP contribution is 2.41. The Balaban J connectivity index is 1.79. The molecule has 114 valence electrons. The van der Waals surface area contributed by atoms with Gasteiger partial charge in [0.25, 0.3) is 0 Å². The molecule has 2 rings (SSSR count). The molecule has 2 aliphatic rings. The van der Waals surface area contributed by atoms with E-state index in [9.17, 15) is 14.7 Å². The Morgan fingerprint density at radius 1 is 1.30 bits per heavy atom. The quantitative estimate of drug-likeness (QED) is 0.816. The lowest BCUT2D eigenvalue weighted by molar-refractivity contribution is -0.147. The second kappa shape index (κ2) is 4.93. The molecule has 1 unspecified atom stereocenters. The monoisotopic (exact) mass is 282 g/mol. The minimum Gasteiger partial charge on any atom is -0.481 e. The SMILES string of the molecule is CC1(C(=O)O)CCN(C(=O)NC2CC(C(C)(C)C)C2)C1. The van der Waals surface area contributed by atoms with E-state index >= 15 is 0 Å². The maximum Gasteiger partial charge on any atom is 0.317 e. The van der Waals surface area contributed by atoms with E-state index in [0.29, 0.717) is 30.8 Å². The fourth-order valence-electron chi connectivity index (χ4n) is 3.02. The molecule has 2 fully saturated rings. The lowest BCUT2D eigenvalue weighted by Crippen LogP contribution is -2.52. The number of carbonyl (C=O) groups excluding carboxylic acids is 1. The molecule has 2 N–H and O–H groups in total. The van der Waals surface area contributed by atoms with E-state index in [2.05, 4.69) is 26.1 Å². The molecule has 1 saturated carbocycles. The van der Waals surface area contributed by atoms with Gasteiger partial charge < -0.3 is 15.3 Å². The number of carboxylic acid groups (broad SMARTS) is 1. The number of nitrogens with one attached hydrogen (secondary N) is 1. The van der Waals surface area contributed by atoms with Crippen LogP contribution in [0.15, 0.2) is 0 Å². The van der Waals surface area contributed by atoms with E-state index in [1.54, 1.807) is 11.8 Å². The Morgan fingerprint density at radius 3 is 2.35 bits per heavy atom. The second-order valence-corrected chi connectivity index (χ2v) is 7.72. The van der Waals surface area contributed by atoms with Crippen molar-refractivity contribution < 1.29 is 14.7 Å². The first-order chi connectivity index (χ1) is 9.12. The van der Waals surface area contributed by atoms with E-state index < -0.39 is 11.4 Å². The highest BCUT2D eigenvalue weighted by molar-refractivity contribution is 5.79. The van der Waals surface area contributed by atoms with Crippen molar-refractivity contribution in [3.8, 4) is 0 Å². The van der Waals surface area contributed by atoms with Gasteiger partial charge in [-0.05, 0) is 37.5 Å². The molecule has 0 aromatic carbocycles. The third-order valence-corrected chi connectivity index (χ3v) is 4.97. The zero-order chi connectivity index (χ0) is 15.1. The van der Waals surface area contributed by atoms with E-state index in [4.69, 9.17) is 0 Å². The molecular formula is C15H26N2O3. The lowest BCUT2D eigenvalue weighted by atomic mass is 9.66. The number of nitrogens with zero attached hydrogens (tertiary/aromatic N) is 1. The predicted molar refractivity (Wildman–Crippen MR) is 76.4 cm³/mol. The topological polar surface area (TPSA) is 69.6 Å². The summed E-state index contributed by atoms with van der Waals surface area (Å²) in [7, 11) is 0. The van der Waals surface area contributed by atoms with Crippen molar-refractivity contribution in [2.75, 3.05) is 13.1 Å². The van der Waals surface area contributed by atoms with Crippen molar-refractivity contribution in [2.24, 2.45) is 16.7 Å². The highest BCUT2D eigenvalue weighted by Gasteiger charge is 2.43. The molecule has 0 radical (unpaired) electrons. The van der Waals surface area contributed by atoms with Crippen LogP contribution in [0.1, 0.15) is 47.0 Å². The van der Waals surface area contributed by atoms with Crippen molar-refractivity contribution >= 4 is 12.0 Å². The Bertz CT molecular complexity index is 410. The summed E-state index contributed by atoms with van der Waals surface area (Å²) >= 11 is 0. The van der Waals surface area contributed by atoms with Gasteiger partial charge in [0.1, 0.15) is 0 Å². The lowest BCUT2D eigenvalue weighted by Gasteiger charge is -2.44. The van der Waals surface area contributed by atoms with Crippen LogP contribution in [0.4, 0.5) is 4.79 Å². The van der Waals surface area contributed by atoms with Crippen LogP contribution in [0, 0.1) is 16.7 Å². The number of hydrogen-bond acceptors (Lipinski definition) is 2. The van der Waals surface area contributed by atoms with Crippen molar-refractivity contribution in [1.82, 2.24) is 10.2 Å². The molecule has 1 atom stereocenters. The largest absolute Gasteiger partial charge is 0.481 e. The second-order valence-electron chi connectivity index (χ2n) is 7.72. The smallest absolute Gasteiger partial charge is 0.317 e. The third-order valence-electron chi connectivity index (χ3n) is 4.97. The molecule has 1 heterocycles. The van der Waals surface area contributed by atoms with Crippen LogP contribution in [0.5, 0.6) is 0 Å². The number of likely N-dealkylation sites (tertiary alicyclic amines) is 1. The summed E-state index contributed by atoms with van der Waals surface area (Å²) in [6, 6.07) is 0.149. The van der Waals surface area contributed by atoms with Crippen LogP contribution in [0.3, 0.4) is 0 Å². The molecule has 1 aliphatic heterocycles. The maximum absolute atomic E-state index is 12.1. The number of urea groups is 1. The molecule has 1 saturated heterocycles. The summed E-state index contributed by atoms with van der Waals surface area (Å²) < 4.78 is 0. The van der Waals surface area contributed by atoms with E-state index in [1.165, 1.54) is 0 Å². The molecule has 20 heavy (non-hydrogen) atoms. The van der Waals surface area contributed by atoms with Gasteiger partial charge in [-0.1, -0.05) is 20.8 Å². The zero-order valence-corrected chi connectivity index (χ0v) is 12.9. The van der Waals surface area contributed by atoms with Gasteiger partial charge in [-0.3, -0.25) is 4.79 Å². The van der Waals surface area contributed by atoms with Gasteiger partial charge in [0.05, 0.1) is 5.41 Å². The van der Waals surface area contributed by atoms with Gasteiger partial charge >= 0.3 is 12.0 Å². The molecule has 5 nitrogen and oxygen atoms in total. The minimum absolute atomic E-state index is 0.104. The number of carbonyl (C=O) groups is 2. The molecule has 0 spiro atoms. The van der Waals surface area contributed by atoms with Crippen molar-refractivity contribution in [3.63, 3.8) is 0 Å². The summed E-state index contributed by atoms with van der Waals surface area (Å²) in [5.74, 6) is -0.153. The molecule has 2 amide bonds. The average molecular weight is 282 g/mol. The molecule has 0 aromatic heterocycles. The average Bonchev–Trinajstić information content (AvgIpc) is 2.65. The summed E-state index contributed by atoms with van der Waals surface area (Å²) in [5.41, 5.74) is -0.484. The van der Waals surface area contributed by atoms with Gasteiger partial charge in [-0.2, -0.15) is 0 Å². The number of amides is 2. The number of rotatable bonds is 2. The first-order valence-corrected chi connectivity index (χ1v) is 7.41. The van der Waals surface area contributed by atoms with Crippen LogP contribution >= 0.6 is 0 Å². The van der Waals surface area contributed by atoms with Gasteiger partial charge in [0.2, 0.25) is 0 Å². The van der Waals surface area contributed by atoms with Crippen LogP contribution < -0.4 is 5.32 Å². The normalized spacial score (nSPS) is 33.7. The van der Waals surface area contributed by atoms with Crippen molar-refractivity contribution in [1.29, 1.82) is 0 Å². The molecule has 1 aliphatic carbocycles. The number of aliphatic carboxylic acids is 1. The van der Waals surface area contributed by atoms with Crippen LogP contribution in [-0.4, -0.2) is 41.1 Å². The fraction of sp³-hybridized carbons (Fsp3) is 0.867. The Kier molecular flexibility index (Phi) is 3.73. The van der Waals surface area contributed by atoms with Crippen LogP contribution in [0.25, 0.3) is 0 Å².